The minimum atomic E-state index is -1.47. The Kier molecular flexibility index (Phi) is 35.2. The van der Waals surface area contributed by atoms with Gasteiger partial charge in [0.15, 0.2) is 22.9 Å². The summed E-state index contributed by atoms with van der Waals surface area (Å²) in [5, 5.41) is 41.1. The molecule has 0 fully saturated rings. The first-order valence-electron chi connectivity index (χ1n) is 30.0. The molecule has 0 radical (unpaired) electrons. The molecule has 0 unspecified atom stereocenters. The molecule has 0 bridgehead atoms. The van der Waals surface area contributed by atoms with Crippen molar-refractivity contribution < 1.29 is 77.6 Å². The Morgan fingerprint density at radius 1 is 0.729 bits per heavy atom. The Morgan fingerprint density at radius 2 is 1.40 bits per heavy atom. The van der Waals surface area contributed by atoms with Crippen molar-refractivity contribution in [3.8, 4) is 0 Å². The fourth-order valence-electron chi connectivity index (χ4n) is 8.91. The summed E-state index contributed by atoms with van der Waals surface area (Å²) in [4.78, 5) is 181. The SMILES string of the molecule is CCSSCc1cnc(C(=O)C[C@@H](Cc2ccccc2)C(=O)N[C@H](B=O)CC(C)C)cn1.C[C@H](CC(=O)CC[C@H](NC(=O)c1ccc(NCc2cnc3nc(N)[nH]c(=O)c3n2)cc1)C(=O)O)C(=O)N[C@@H](CCCN=C(N)N)C(=O)C[C@@H](CC(=O)O)C(=O)N[C@@H](C)C(=O)O.O=C=O. The number of nitrogens with one attached hydrogen (secondary N) is 6. The van der Waals surface area contributed by atoms with E-state index in [-0.39, 0.29) is 110 Å². The number of carboxylic acids is 3. The molecule has 4 amide bonds. The van der Waals surface area contributed by atoms with Crippen LogP contribution in [0.2, 0.25) is 0 Å². The molecule has 0 aliphatic rings. The Hall–Kier alpha value is -10.1. The zero-order valence-electron chi connectivity index (χ0n) is 53.3. The number of anilines is 2. The van der Waals surface area contributed by atoms with Crippen LogP contribution in [0.1, 0.15) is 130 Å². The molecular formula is C61H78BN15O17S2. The van der Waals surface area contributed by atoms with E-state index in [0.29, 0.717) is 24.2 Å². The molecule has 0 saturated carbocycles. The maximum atomic E-state index is 13.4. The number of nitrogen functional groups attached to an aromatic ring is 1. The molecule has 5 rings (SSSR count). The minimum Gasteiger partial charge on any atom is -0.481 e. The molecule has 35 heteroatoms. The van der Waals surface area contributed by atoms with Gasteiger partial charge in [-0.2, -0.15) is 14.6 Å². The maximum Gasteiger partial charge on any atom is 0.373 e. The number of aliphatic imine (C=N–C) groups is 1. The molecule has 0 aliphatic heterocycles. The fraction of sp³-hybridized carbons (Fsp3) is 0.443. The van der Waals surface area contributed by atoms with E-state index >= 15 is 0 Å². The van der Waals surface area contributed by atoms with Gasteiger partial charge >= 0.3 is 200 Å². The van der Waals surface area contributed by atoms with Crippen LogP contribution in [0.3, 0.4) is 0 Å². The van der Waals surface area contributed by atoms with Gasteiger partial charge in [-0.05, 0) is 50.5 Å². The van der Waals surface area contributed by atoms with Crippen LogP contribution in [0.25, 0.3) is 11.2 Å². The van der Waals surface area contributed by atoms with Crippen LogP contribution in [0.4, 0.5) is 11.6 Å². The first kappa shape index (κ1) is 80.1. The van der Waals surface area contributed by atoms with Crippen molar-refractivity contribution >= 4 is 123 Å². The van der Waals surface area contributed by atoms with Gasteiger partial charge in [-0.25, -0.2) is 14.8 Å². The van der Waals surface area contributed by atoms with E-state index < -0.39 is 107 Å². The molecule has 3 heterocycles. The molecule has 2 aromatic carbocycles. The average Bonchev–Trinajstić information content (AvgIpc) is 1.41. The number of aromatic amines is 1. The molecule has 32 nitrogen and oxygen atoms in total. The van der Waals surface area contributed by atoms with E-state index in [0.717, 1.165) is 36.8 Å². The molecule has 0 saturated heterocycles. The van der Waals surface area contributed by atoms with E-state index in [1.807, 2.05) is 44.2 Å². The topological polar surface area (TPSA) is 530 Å². The molecule has 3 aromatic heterocycles. The summed E-state index contributed by atoms with van der Waals surface area (Å²) >= 11 is 0. The Morgan fingerprint density at radius 3 is 1.99 bits per heavy atom. The second-order valence-corrected chi connectivity index (χ2v) is 24.8. The van der Waals surface area contributed by atoms with Crippen LogP contribution < -0.4 is 49.3 Å². The van der Waals surface area contributed by atoms with Crippen molar-refractivity contribution in [2.45, 2.75) is 135 Å². The van der Waals surface area contributed by atoms with Gasteiger partial charge in [0.25, 0.3) is 11.5 Å². The van der Waals surface area contributed by atoms with Crippen LogP contribution in [-0.4, -0.2) is 160 Å². The molecule has 0 aliphatic carbocycles. The number of amides is 4. The molecule has 5 aromatic rings. The quantitative estimate of drug-likeness (QED) is 0.00671. The number of ketones is 3. The van der Waals surface area contributed by atoms with E-state index in [4.69, 9.17) is 31.9 Å². The predicted molar refractivity (Wildman–Crippen MR) is 352 cm³/mol. The Bertz CT molecular complexity index is 3600. The van der Waals surface area contributed by atoms with Crippen molar-refractivity contribution in [1.82, 2.24) is 51.2 Å². The van der Waals surface area contributed by atoms with E-state index in [9.17, 15) is 67.7 Å². The number of Topliss-reactive ketones (excluding diaryl/α,β-unsaturated/α-hetero) is 3. The monoisotopic (exact) mass is 1370 g/mol. The standard InChI is InChI=1S/C37H48N12O12.C23H30BN3O3S2.CO2/c1-17(30(54)46-24(4-3-11-41-36(38)39)26(51)13-20(14-27(52)53)32(56)44-18(2)34(58)59)12-23(50)9-10-25(35(60)61)47-31(55)19-5-7-21(8-6-19)42-15-22-16-43-29-28(45-22)33(57)49-37(40)48-29;1-4-31-32-15-19-13-26-20(14-25-19)21(28)12-18(11-17-8-6-5-7-9-17)23(29)27-22(24-30)10-16(2)3;2-1-3/h5-8,16-18,20,24-25,42H,3-4,9-15H2,1-2H3,(H,44,56)(H,46,54)(H,47,55)(H,52,53)(H,58,59)(H,60,61)(H4,38,39,41)(H3,40,43,48,49,57);5-9,13-14,16,18,22H,4,10-12,15H2,1-3H3,(H,27,29);/t17-,18+,20+,24+,25+;18-,22+;/m11./s1. The molecular weight excluding hydrogens is 1290 g/mol. The van der Waals surface area contributed by atoms with Gasteiger partial charge in [0.05, 0.1) is 36.8 Å². The number of H-pyrrole nitrogens is 1. The number of rotatable bonds is 39. The molecule has 7 atom stereocenters. The maximum absolute atomic E-state index is 13.4. The third-order valence-corrected chi connectivity index (χ3v) is 16.1. The summed E-state index contributed by atoms with van der Waals surface area (Å²) in [5.41, 5.74) is 18.9. The Balaban J connectivity index is 0.000000573. The minimum absolute atomic E-state index is 0.00243. The van der Waals surface area contributed by atoms with Crippen LogP contribution >= 0.6 is 21.6 Å². The van der Waals surface area contributed by atoms with Crippen molar-refractivity contribution in [3.63, 3.8) is 0 Å². The summed E-state index contributed by atoms with van der Waals surface area (Å²) in [7, 11) is 4.21. The van der Waals surface area contributed by atoms with Crippen LogP contribution in [0.15, 0.2) is 83.0 Å². The van der Waals surface area contributed by atoms with Crippen molar-refractivity contribution in [1.29, 1.82) is 0 Å². The van der Waals surface area contributed by atoms with Gasteiger partial charge in [-0.3, -0.25) is 48.3 Å². The summed E-state index contributed by atoms with van der Waals surface area (Å²) in [6, 6.07) is 11.4. The van der Waals surface area contributed by atoms with E-state index in [1.165, 1.54) is 31.5 Å². The number of hydrogen-bond acceptors (Lipinski definition) is 24. The van der Waals surface area contributed by atoms with Gasteiger partial charge in [-0.15, -0.1) is 0 Å². The summed E-state index contributed by atoms with van der Waals surface area (Å²) in [6.07, 6.45) is 3.34. The second kappa shape index (κ2) is 42.2. The largest absolute Gasteiger partial charge is 0.481 e. The van der Waals surface area contributed by atoms with Gasteiger partial charge in [0, 0.05) is 48.7 Å². The number of carbonyl (C=O) groups excluding carboxylic acids is 9. The third kappa shape index (κ3) is 29.9. The van der Waals surface area contributed by atoms with Crippen molar-refractivity contribution in [2.24, 2.45) is 40.1 Å². The number of guanidine groups is 1. The predicted octanol–water partition coefficient (Wildman–Crippen LogP) is 2.41. The van der Waals surface area contributed by atoms with Gasteiger partial charge < -0.3 is 53.8 Å². The number of carbonyl (C=O) groups is 10. The summed E-state index contributed by atoms with van der Waals surface area (Å²) in [6.45, 7) is 8.83. The zero-order valence-corrected chi connectivity index (χ0v) is 54.9. The summed E-state index contributed by atoms with van der Waals surface area (Å²) < 4.78 is 11.4. The van der Waals surface area contributed by atoms with Crippen molar-refractivity contribution in [3.05, 3.63) is 112 Å². The number of benzene rings is 2. The first-order valence-corrected chi connectivity index (χ1v) is 32.5. The number of nitrogens with zero attached hydrogens (tertiary/aromatic N) is 6. The number of hydrogen-bond donors (Lipinski definition) is 12. The molecule has 96 heavy (non-hydrogen) atoms. The smallest absolute Gasteiger partial charge is 0.373 e. The van der Waals surface area contributed by atoms with Crippen LogP contribution in [0.5, 0.6) is 0 Å². The van der Waals surface area contributed by atoms with Crippen LogP contribution in [0, 0.1) is 23.7 Å². The first-order chi connectivity index (χ1) is 45.6. The number of carboxylic acid groups (broad SMARTS) is 3. The second-order valence-electron chi connectivity index (χ2n) is 22.0. The number of fused-ring (bicyclic) bond motifs is 1. The zero-order chi connectivity index (χ0) is 71.4. The van der Waals surface area contributed by atoms with Crippen molar-refractivity contribution in [2.75, 3.05) is 23.3 Å². The molecule has 0 spiro atoms. The van der Waals surface area contributed by atoms with E-state index in [2.05, 4.69) is 68.4 Å². The normalized spacial score (nSPS) is 12.8. The molecule has 15 N–H and O–H groups in total. The average molecular weight is 1370 g/mol. The van der Waals surface area contributed by atoms with Gasteiger partial charge in [0.1, 0.15) is 17.9 Å². The fourth-order valence-corrected chi connectivity index (χ4v) is 10.5. The third-order valence-electron chi connectivity index (χ3n) is 13.8. The van der Waals surface area contributed by atoms with Crippen LogP contribution in [-0.2, 0) is 71.4 Å². The van der Waals surface area contributed by atoms with Gasteiger partial charge in [-0.1, -0.05) is 24.6 Å². The Labute approximate surface area is 559 Å². The number of aromatic nitrogens is 6. The summed E-state index contributed by atoms with van der Waals surface area (Å²) in [5.74, 6) is -10.5. The van der Waals surface area contributed by atoms with Gasteiger partial charge in [0.2, 0.25) is 17.8 Å². The molecule has 514 valence electrons. The number of aliphatic carboxylic acids is 3. The van der Waals surface area contributed by atoms with E-state index in [1.54, 1.807) is 39.9 Å². The number of nitrogens with two attached hydrogens (primary N) is 3.